The lowest BCUT2D eigenvalue weighted by Gasteiger charge is -2.48. The van der Waals surface area contributed by atoms with Crippen LogP contribution in [0.15, 0.2) is 16.4 Å². The van der Waals surface area contributed by atoms with Crippen molar-refractivity contribution in [1.82, 2.24) is 30.0 Å². The maximum Gasteiger partial charge on any atom is 0.352 e. The molecule has 2 atom stereocenters. The van der Waals surface area contributed by atoms with Crippen molar-refractivity contribution in [2.45, 2.75) is 23.1 Å². The number of hydrogen-bond acceptors (Lipinski definition) is 9. The summed E-state index contributed by atoms with van der Waals surface area (Å²) in [6.07, 6.45) is 0. The topological polar surface area (TPSA) is 130 Å². The highest BCUT2D eigenvalue weighted by Crippen LogP contribution is 2.40. The average Bonchev–Trinajstić information content (AvgIpc) is 3.03. The molecule has 0 radical (unpaired) electrons. The number of carboxylic acids is 1. The summed E-state index contributed by atoms with van der Waals surface area (Å²) < 4.78 is 1.69. The van der Waals surface area contributed by atoms with E-state index in [9.17, 15) is 14.7 Å². The molecule has 3 N–H and O–H groups in total. The molecule has 27 heavy (non-hydrogen) atoms. The molecule has 3 heterocycles. The highest BCUT2D eigenvalue weighted by atomic mass is 35.5. The van der Waals surface area contributed by atoms with Crippen molar-refractivity contribution in [3.63, 3.8) is 0 Å². The Balaban J connectivity index is 0.00000182. The van der Waals surface area contributed by atoms with Crippen LogP contribution in [0.3, 0.4) is 0 Å². The molecule has 1 aromatic rings. The van der Waals surface area contributed by atoms with Crippen molar-refractivity contribution in [2.24, 2.45) is 5.73 Å². The predicted octanol–water partition coefficient (Wildman–Crippen LogP) is -0.248. The molecule has 1 unspecified atom stereocenters. The van der Waals surface area contributed by atoms with E-state index in [1.165, 1.54) is 28.4 Å². The van der Waals surface area contributed by atoms with E-state index in [-0.39, 0.29) is 41.8 Å². The van der Waals surface area contributed by atoms with E-state index in [0.717, 1.165) is 6.54 Å². The van der Waals surface area contributed by atoms with Gasteiger partial charge in [-0.3, -0.25) is 9.69 Å². The molecule has 152 valence electrons. The fraction of sp³-hybridized carbons (Fsp3) is 0.615. The largest absolute Gasteiger partial charge is 0.477 e. The van der Waals surface area contributed by atoms with E-state index >= 15 is 0 Å². The summed E-state index contributed by atoms with van der Waals surface area (Å²) in [5.41, 5.74) is 6.48. The Hall–Kier alpha value is -1.05. The van der Waals surface area contributed by atoms with Gasteiger partial charge < -0.3 is 15.7 Å². The smallest absolute Gasteiger partial charge is 0.352 e. The highest BCUT2D eigenvalue weighted by Gasteiger charge is 2.51. The van der Waals surface area contributed by atoms with Gasteiger partial charge in [-0.25, -0.2) is 9.48 Å². The number of β-lactam (4-membered cyclic amide) rings is 1. The highest BCUT2D eigenvalue weighted by molar-refractivity contribution is 8.01. The lowest BCUT2D eigenvalue weighted by Crippen LogP contribution is -2.68. The maximum absolute atomic E-state index is 11.9. The van der Waals surface area contributed by atoms with Crippen LogP contribution in [0.5, 0.6) is 0 Å². The molecular formula is C13H21Cl2N7O3S2. The number of nitrogens with two attached hydrogens (primary N) is 1. The number of aromatic nitrogens is 4. The third-order valence-corrected chi connectivity index (χ3v) is 6.33. The predicted molar refractivity (Wildman–Crippen MR) is 107 cm³/mol. The Bertz CT molecular complexity index is 731. The van der Waals surface area contributed by atoms with E-state index in [2.05, 4.69) is 15.5 Å². The van der Waals surface area contributed by atoms with E-state index in [1.54, 1.807) is 4.68 Å². The van der Waals surface area contributed by atoms with Gasteiger partial charge in [0.2, 0.25) is 11.1 Å². The normalized spacial score (nSPS) is 21.3. The first-order valence-electron chi connectivity index (χ1n) is 7.59. The summed E-state index contributed by atoms with van der Waals surface area (Å²) in [4.78, 5) is 26.9. The standard InChI is InChI=1S/C13H19N7O3S2.2ClH/c1-18(2)3-4-19-13(15-16-17-19)25-6-7-5-24-11-8(14)10(21)20(11)9(7)12(22)23;;/h8,11H,3-6,14H2,1-2H3,(H,22,23);2*1H/t8?,11-;;/m0../s1. The van der Waals surface area contributed by atoms with E-state index in [4.69, 9.17) is 5.73 Å². The second kappa shape index (κ2) is 9.94. The number of rotatable bonds is 7. The molecule has 0 aliphatic carbocycles. The van der Waals surface area contributed by atoms with E-state index in [1.807, 2.05) is 19.0 Å². The van der Waals surface area contributed by atoms with Gasteiger partial charge in [-0.2, -0.15) is 0 Å². The monoisotopic (exact) mass is 457 g/mol. The van der Waals surface area contributed by atoms with E-state index in [0.29, 0.717) is 28.8 Å². The Kier molecular flexibility index (Phi) is 8.83. The van der Waals surface area contributed by atoms with Gasteiger partial charge in [-0.05, 0) is 30.1 Å². The van der Waals surface area contributed by atoms with Gasteiger partial charge in [0.15, 0.2) is 0 Å². The van der Waals surface area contributed by atoms with Crippen molar-refractivity contribution >= 4 is 60.2 Å². The summed E-state index contributed by atoms with van der Waals surface area (Å²) >= 11 is 2.86. The molecule has 3 rings (SSSR count). The SMILES string of the molecule is CN(C)CCn1nnnc1SCC1=C(C(=O)O)N2C(=O)C(N)[C@@H]2SC1.Cl.Cl. The van der Waals surface area contributed by atoms with Gasteiger partial charge in [0.05, 0.1) is 6.54 Å². The van der Waals surface area contributed by atoms with Crippen molar-refractivity contribution in [1.29, 1.82) is 0 Å². The van der Waals surface area contributed by atoms with E-state index < -0.39 is 12.0 Å². The maximum atomic E-state index is 11.9. The average molecular weight is 458 g/mol. The lowest BCUT2D eigenvalue weighted by atomic mass is 10.0. The minimum atomic E-state index is -1.10. The molecule has 1 saturated heterocycles. The molecule has 0 bridgehead atoms. The van der Waals surface area contributed by atoms with Gasteiger partial charge >= 0.3 is 5.97 Å². The van der Waals surface area contributed by atoms with Crippen LogP contribution in [0.4, 0.5) is 0 Å². The number of hydrogen-bond donors (Lipinski definition) is 2. The second-order valence-corrected chi connectivity index (χ2v) is 8.02. The summed E-state index contributed by atoms with van der Waals surface area (Å²) in [6, 6.07) is -0.619. The molecule has 1 amide bonds. The number of carbonyl (C=O) groups is 2. The van der Waals surface area contributed by atoms with Gasteiger partial charge in [0.1, 0.15) is 17.1 Å². The molecule has 2 aliphatic heterocycles. The zero-order valence-electron chi connectivity index (χ0n) is 14.6. The minimum absolute atomic E-state index is 0. The number of thioether (sulfide) groups is 2. The third-order valence-electron chi connectivity index (χ3n) is 3.92. The fourth-order valence-electron chi connectivity index (χ4n) is 2.58. The number of halogens is 2. The van der Waals surface area contributed by atoms with Gasteiger partial charge in [-0.15, -0.1) is 41.7 Å². The number of fused-ring (bicyclic) bond motifs is 1. The number of nitrogens with zero attached hydrogens (tertiary/aromatic N) is 6. The van der Waals surface area contributed by atoms with Gasteiger partial charge in [-0.1, -0.05) is 11.8 Å². The van der Waals surface area contributed by atoms with Crippen LogP contribution in [0.2, 0.25) is 0 Å². The van der Waals surface area contributed by atoms with Crippen LogP contribution in [-0.2, 0) is 16.1 Å². The Morgan fingerprint density at radius 3 is 2.78 bits per heavy atom. The summed E-state index contributed by atoms with van der Waals surface area (Å²) in [5.74, 6) is -0.514. The number of likely N-dealkylation sites (N-methyl/N-ethyl adjacent to an activating group) is 1. The van der Waals surface area contributed by atoms with Crippen molar-refractivity contribution in [3.05, 3.63) is 11.3 Å². The van der Waals surface area contributed by atoms with Crippen molar-refractivity contribution in [3.8, 4) is 0 Å². The van der Waals surface area contributed by atoms with Crippen LogP contribution in [0.1, 0.15) is 0 Å². The number of tetrazole rings is 1. The lowest BCUT2D eigenvalue weighted by molar-refractivity contribution is -0.147. The first-order valence-corrected chi connectivity index (χ1v) is 9.63. The van der Waals surface area contributed by atoms with Crippen LogP contribution >= 0.6 is 48.3 Å². The van der Waals surface area contributed by atoms with Crippen LogP contribution in [-0.4, -0.2) is 90.6 Å². The number of amides is 1. The molecule has 0 aromatic carbocycles. The van der Waals surface area contributed by atoms with Crippen LogP contribution in [0.25, 0.3) is 0 Å². The molecule has 14 heteroatoms. The number of aliphatic carboxylic acids is 1. The first kappa shape index (κ1) is 24.0. The summed E-state index contributed by atoms with van der Waals surface area (Å²) in [5, 5.41) is 21.5. The van der Waals surface area contributed by atoms with Crippen LogP contribution < -0.4 is 5.73 Å². The number of carboxylic acid groups (broad SMARTS) is 1. The zero-order valence-corrected chi connectivity index (χ0v) is 17.9. The summed E-state index contributed by atoms with van der Waals surface area (Å²) in [6.45, 7) is 1.43. The van der Waals surface area contributed by atoms with Crippen LogP contribution in [0, 0.1) is 0 Å². The second-order valence-electron chi connectivity index (χ2n) is 5.97. The molecule has 1 aromatic heterocycles. The molecule has 0 spiro atoms. The van der Waals surface area contributed by atoms with Gasteiger partial charge in [0.25, 0.3) is 0 Å². The zero-order chi connectivity index (χ0) is 18.1. The Morgan fingerprint density at radius 1 is 1.44 bits per heavy atom. The van der Waals surface area contributed by atoms with Crippen molar-refractivity contribution < 1.29 is 14.7 Å². The molecule has 2 aliphatic rings. The first-order chi connectivity index (χ1) is 11.9. The Labute approximate surface area is 177 Å². The Morgan fingerprint density at radius 2 is 2.15 bits per heavy atom. The molecule has 10 nitrogen and oxygen atoms in total. The number of carbonyl (C=O) groups excluding carboxylic acids is 1. The molecule has 0 saturated carbocycles. The quantitative estimate of drug-likeness (QED) is 0.417. The fourth-order valence-corrected chi connectivity index (χ4v) is 4.91. The molecule has 1 fully saturated rings. The van der Waals surface area contributed by atoms with Gasteiger partial charge in [0, 0.05) is 18.1 Å². The summed E-state index contributed by atoms with van der Waals surface area (Å²) in [7, 11) is 3.93. The van der Waals surface area contributed by atoms with Crippen molar-refractivity contribution in [2.75, 3.05) is 32.1 Å². The molecular weight excluding hydrogens is 437 g/mol. The minimum Gasteiger partial charge on any atom is -0.477 e. The third kappa shape index (κ3) is 4.87.